The number of aryl methyl sites for hydroxylation is 1. The fourth-order valence-electron chi connectivity index (χ4n) is 2.85. The van der Waals surface area contributed by atoms with Crippen LogP contribution < -0.4 is 0 Å². The summed E-state index contributed by atoms with van der Waals surface area (Å²) < 4.78 is 53.4. The summed E-state index contributed by atoms with van der Waals surface area (Å²) in [5.74, 6) is 0. The second kappa shape index (κ2) is 10.9. The zero-order chi connectivity index (χ0) is 23.1. The SMILES string of the molecule is CCOP(=O)(OCC)C(=C=C(C)C)N(Cc1ccccc1)S(=O)(=O)c1ccc(C)cc1. The van der Waals surface area contributed by atoms with Gasteiger partial charge in [-0.05, 0) is 57.9 Å². The summed E-state index contributed by atoms with van der Waals surface area (Å²) in [5.41, 5.74) is 5.15. The smallest absolute Gasteiger partial charge is 0.304 e. The van der Waals surface area contributed by atoms with Crippen molar-refractivity contribution in [2.24, 2.45) is 0 Å². The molecule has 0 fully saturated rings. The monoisotopic (exact) mass is 463 g/mol. The van der Waals surface area contributed by atoms with E-state index in [1.165, 1.54) is 12.1 Å². The first-order chi connectivity index (χ1) is 14.6. The molecule has 0 aliphatic heterocycles. The summed E-state index contributed by atoms with van der Waals surface area (Å²) in [4.78, 5) is 0.0848. The minimum absolute atomic E-state index is 0.0448. The Bertz CT molecular complexity index is 1070. The van der Waals surface area contributed by atoms with Gasteiger partial charge in [-0.1, -0.05) is 53.8 Å². The van der Waals surface area contributed by atoms with Gasteiger partial charge in [0, 0.05) is 0 Å². The number of benzene rings is 2. The predicted octanol–water partition coefficient (Wildman–Crippen LogP) is 5.86. The van der Waals surface area contributed by atoms with E-state index in [1.807, 2.05) is 37.3 Å². The molecule has 31 heavy (non-hydrogen) atoms. The third kappa shape index (κ3) is 6.42. The van der Waals surface area contributed by atoms with E-state index in [-0.39, 0.29) is 30.1 Å². The largest absolute Gasteiger partial charge is 0.386 e. The normalized spacial score (nSPS) is 11.6. The number of allylic oxidation sites excluding steroid dienone is 1. The summed E-state index contributed by atoms with van der Waals surface area (Å²) in [7, 11) is -8.06. The van der Waals surface area contributed by atoms with E-state index in [1.54, 1.807) is 39.8 Å². The van der Waals surface area contributed by atoms with E-state index in [4.69, 9.17) is 9.05 Å². The van der Waals surface area contributed by atoms with E-state index in [0.717, 1.165) is 15.4 Å². The van der Waals surface area contributed by atoms with E-state index < -0.39 is 17.6 Å². The van der Waals surface area contributed by atoms with Crippen LogP contribution in [-0.2, 0) is 30.2 Å². The van der Waals surface area contributed by atoms with Crippen molar-refractivity contribution < 1.29 is 22.0 Å². The van der Waals surface area contributed by atoms with Crippen LogP contribution in [0.3, 0.4) is 0 Å². The maximum Gasteiger partial charge on any atom is 0.386 e. The third-order valence-electron chi connectivity index (χ3n) is 4.23. The van der Waals surface area contributed by atoms with Crippen LogP contribution in [0.5, 0.6) is 0 Å². The molecule has 0 bridgehead atoms. The van der Waals surface area contributed by atoms with Crippen LogP contribution in [0.2, 0.25) is 0 Å². The number of nitrogens with zero attached hydrogens (tertiary/aromatic N) is 1. The molecule has 6 nitrogen and oxygen atoms in total. The topological polar surface area (TPSA) is 72.9 Å². The second-order valence-electron chi connectivity index (χ2n) is 7.09. The van der Waals surface area contributed by atoms with E-state index in [2.05, 4.69) is 5.73 Å². The Morgan fingerprint density at radius 2 is 1.52 bits per heavy atom. The molecule has 0 N–H and O–H groups in total. The van der Waals surface area contributed by atoms with Crippen molar-refractivity contribution in [3.63, 3.8) is 0 Å². The molecular weight excluding hydrogens is 433 g/mol. The van der Waals surface area contributed by atoms with Crippen LogP contribution in [0, 0.1) is 6.92 Å². The van der Waals surface area contributed by atoms with Gasteiger partial charge < -0.3 is 9.05 Å². The summed E-state index contributed by atoms with van der Waals surface area (Å²) in [6.07, 6.45) is 0. The molecule has 2 rings (SSSR count). The zero-order valence-electron chi connectivity index (χ0n) is 18.7. The van der Waals surface area contributed by atoms with Crippen molar-refractivity contribution >= 4 is 17.6 Å². The van der Waals surface area contributed by atoms with Crippen LogP contribution in [0.1, 0.15) is 38.8 Å². The lowest BCUT2D eigenvalue weighted by Gasteiger charge is -2.29. The summed E-state index contributed by atoms with van der Waals surface area (Å²) >= 11 is 0. The van der Waals surface area contributed by atoms with Gasteiger partial charge in [-0.25, -0.2) is 12.7 Å². The van der Waals surface area contributed by atoms with Gasteiger partial charge in [0.05, 0.1) is 24.7 Å². The predicted molar refractivity (Wildman–Crippen MR) is 123 cm³/mol. The molecule has 0 atom stereocenters. The lowest BCUT2D eigenvalue weighted by atomic mass is 10.2. The zero-order valence-corrected chi connectivity index (χ0v) is 20.4. The van der Waals surface area contributed by atoms with Crippen molar-refractivity contribution in [1.82, 2.24) is 4.31 Å². The molecule has 8 heteroatoms. The Kier molecular flexibility index (Phi) is 8.87. The molecule has 0 aliphatic carbocycles. The van der Waals surface area contributed by atoms with Crippen molar-refractivity contribution in [1.29, 1.82) is 0 Å². The third-order valence-corrected chi connectivity index (χ3v) is 8.20. The molecule has 0 amide bonds. The molecule has 0 heterocycles. The minimum atomic E-state index is -4.09. The Labute approximate surface area is 185 Å². The van der Waals surface area contributed by atoms with Crippen LogP contribution in [0.4, 0.5) is 0 Å². The van der Waals surface area contributed by atoms with Crippen molar-refractivity contribution in [2.45, 2.75) is 46.1 Å². The maximum atomic E-state index is 13.7. The lowest BCUT2D eigenvalue weighted by Crippen LogP contribution is -2.30. The summed E-state index contributed by atoms with van der Waals surface area (Å²) in [6.45, 7) is 8.89. The average Bonchev–Trinajstić information content (AvgIpc) is 2.71. The van der Waals surface area contributed by atoms with Gasteiger partial charge in [0.25, 0.3) is 10.0 Å². The minimum Gasteiger partial charge on any atom is -0.304 e. The van der Waals surface area contributed by atoms with E-state index in [0.29, 0.717) is 5.57 Å². The Morgan fingerprint density at radius 1 is 0.968 bits per heavy atom. The van der Waals surface area contributed by atoms with Gasteiger partial charge in [0.15, 0.2) is 5.44 Å². The second-order valence-corrected chi connectivity index (χ2v) is 10.9. The lowest BCUT2D eigenvalue weighted by molar-refractivity contribution is 0.220. The highest BCUT2D eigenvalue weighted by molar-refractivity contribution is 7.89. The highest BCUT2D eigenvalue weighted by Gasteiger charge is 2.40. The fraction of sp³-hybridized carbons (Fsp3) is 0.348. The molecule has 0 aliphatic rings. The number of sulfonamides is 1. The van der Waals surface area contributed by atoms with Gasteiger partial charge in [0.2, 0.25) is 0 Å². The summed E-state index contributed by atoms with van der Waals surface area (Å²) in [6, 6.07) is 15.6. The molecule has 0 spiro atoms. The van der Waals surface area contributed by atoms with Gasteiger partial charge in [-0.2, -0.15) is 0 Å². The van der Waals surface area contributed by atoms with Crippen LogP contribution >= 0.6 is 7.60 Å². The van der Waals surface area contributed by atoms with Crippen LogP contribution in [-0.4, -0.2) is 25.9 Å². The molecule has 0 saturated heterocycles. The molecular formula is C23H30NO5PS. The molecule has 0 saturated carbocycles. The Morgan fingerprint density at radius 3 is 2.00 bits per heavy atom. The molecule has 0 radical (unpaired) electrons. The van der Waals surface area contributed by atoms with Gasteiger partial charge >= 0.3 is 7.60 Å². The molecule has 2 aromatic rings. The number of hydrogen-bond donors (Lipinski definition) is 0. The first-order valence-electron chi connectivity index (χ1n) is 10.1. The standard InChI is InChI=1S/C23H30NO5PS/c1-6-28-30(25,29-7-2)23(17-19(3)4)24(18-21-11-9-8-10-12-21)31(26,27)22-15-13-20(5)14-16-22/h8-16H,6-7,18H2,1-5H3. The average molecular weight is 464 g/mol. The Balaban J connectivity index is 2.78. The van der Waals surface area contributed by atoms with Crippen molar-refractivity contribution in [3.8, 4) is 0 Å². The van der Waals surface area contributed by atoms with Crippen LogP contribution in [0.15, 0.2) is 76.2 Å². The molecule has 2 aromatic carbocycles. The molecule has 168 valence electrons. The maximum absolute atomic E-state index is 13.7. The van der Waals surface area contributed by atoms with Gasteiger partial charge in [-0.3, -0.25) is 4.57 Å². The number of rotatable bonds is 10. The highest BCUT2D eigenvalue weighted by Crippen LogP contribution is 2.58. The first-order valence-corrected chi connectivity index (χ1v) is 13.1. The van der Waals surface area contributed by atoms with Crippen molar-refractivity contribution in [3.05, 3.63) is 82.5 Å². The summed E-state index contributed by atoms with van der Waals surface area (Å²) in [5, 5.41) is 0. The van der Waals surface area contributed by atoms with Gasteiger partial charge in [-0.15, -0.1) is 0 Å². The fourth-order valence-corrected chi connectivity index (χ4v) is 6.50. The molecule has 0 aromatic heterocycles. The highest BCUT2D eigenvalue weighted by atomic mass is 32.2. The Hall–Kier alpha value is -2.14. The molecule has 0 unspecified atom stereocenters. The first kappa shape index (κ1) is 25.1. The number of hydrogen-bond acceptors (Lipinski definition) is 5. The van der Waals surface area contributed by atoms with Crippen molar-refractivity contribution in [2.75, 3.05) is 13.2 Å². The van der Waals surface area contributed by atoms with Gasteiger partial charge in [0.1, 0.15) is 0 Å². The van der Waals surface area contributed by atoms with E-state index in [9.17, 15) is 13.0 Å². The van der Waals surface area contributed by atoms with Crippen LogP contribution in [0.25, 0.3) is 0 Å². The van der Waals surface area contributed by atoms with E-state index >= 15 is 0 Å². The quantitative estimate of drug-likeness (QED) is 0.326.